The van der Waals surface area contributed by atoms with Crippen molar-refractivity contribution in [1.82, 2.24) is 20.4 Å². The standard InChI is InChI=1S/C17H30N4O3/c22-16(12-15-13-24-11-6-18-15)20-7-9-21(10-8-20)17(23)19-14-4-2-1-3-5-14/h14-15,18H,1-13H2,(H,19,23). The van der Waals surface area contributed by atoms with E-state index >= 15 is 0 Å². The Bertz CT molecular complexity index is 386. The van der Waals surface area contributed by atoms with Crippen molar-refractivity contribution in [2.24, 2.45) is 0 Å². The smallest absolute Gasteiger partial charge is 0.317 e. The topological polar surface area (TPSA) is 73.9 Å². The molecule has 1 atom stereocenters. The Morgan fingerprint density at radius 1 is 1.04 bits per heavy atom. The molecule has 0 bridgehead atoms. The predicted octanol–water partition coefficient (Wildman–Crippen LogP) is 0.551. The van der Waals surface area contributed by atoms with Crippen LogP contribution in [0.2, 0.25) is 0 Å². The summed E-state index contributed by atoms with van der Waals surface area (Å²) in [7, 11) is 0. The fraction of sp³-hybridized carbons (Fsp3) is 0.882. The maximum atomic E-state index is 12.4. The van der Waals surface area contributed by atoms with Gasteiger partial charge in [0.15, 0.2) is 0 Å². The van der Waals surface area contributed by atoms with E-state index in [1.54, 1.807) is 0 Å². The van der Waals surface area contributed by atoms with Crippen molar-refractivity contribution in [1.29, 1.82) is 0 Å². The van der Waals surface area contributed by atoms with Gasteiger partial charge in [0.25, 0.3) is 0 Å². The first-order chi connectivity index (χ1) is 11.7. The molecule has 3 fully saturated rings. The van der Waals surface area contributed by atoms with Crippen LogP contribution in [0.4, 0.5) is 4.79 Å². The number of urea groups is 1. The SMILES string of the molecule is O=C(CC1COCCN1)N1CCN(C(=O)NC2CCCCC2)CC1. The number of hydrogen-bond acceptors (Lipinski definition) is 4. The lowest BCUT2D eigenvalue weighted by atomic mass is 9.96. The fourth-order valence-corrected chi connectivity index (χ4v) is 3.76. The molecule has 0 radical (unpaired) electrons. The molecule has 2 saturated heterocycles. The number of nitrogens with zero attached hydrogens (tertiary/aromatic N) is 2. The molecule has 1 saturated carbocycles. The van der Waals surface area contributed by atoms with E-state index in [-0.39, 0.29) is 18.0 Å². The summed E-state index contributed by atoms with van der Waals surface area (Å²) in [5.41, 5.74) is 0. The third-order valence-electron chi connectivity index (χ3n) is 5.27. The highest BCUT2D eigenvalue weighted by Gasteiger charge is 2.27. The number of hydrogen-bond donors (Lipinski definition) is 2. The predicted molar refractivity (Wildman–Crippen MR) is 90.8 cm³/mol. The molecule has 136 valence electrons. The molecule has 1 unspecified atom stereocenters. The molecule has 0 aromatic rings. The molecule has 7 heteroatoms. The molecule has 0 aromatic carbocycles. The van der Waals surface area contributed by atoms with Gasteiger partial charge in [-0.1, -0.05) is 19.3 Å². The minimum Gasteiger partial charge on any atom is -0.378 e. The Labute approximate surface area is 144 Å². The van der Waals surface area contributed by atoms with Crippen LogP contribution in [-0.2, 0) is 9.53 Å². The molecule has 0 aromatic heterocycles. The average molecular weight is 338 g/mol. The molecule has 2 N–H and O–H groups in total. The zero-order valence-electron chi connectivity index (χ0n) is 14.5. The summed E-state index contributed by atoms with van der Waals surface area (Å²) in [4.78, 5) is 28.4. The van der Waals surface area contributed by atoms with Crippen LogP contribution in [0.25, 0.3) is 0 Å². The highest BCUT2D eigenvalue weighted by atomic mass is 16.5. The van der Waals surface area contributed by atoms with Crippen LogP contribution in [0.3, 0.4) is 0 Å². The van der Waals surface area contributed by atoms with Crippen molar-refractivity contribution in [2.75, 3.05) is 45.9 Å². The number of ether oxygens (including phenoxy) is 1. The van der Waals surface area contributed by atoms with E-state index in [2.05, 4.69) is 10.6 Å². The second-order valence-corrected chi connectivity index (χ2v) is 7.08. The van der Waals surface area contributed by atoms with Crippen LogP contribution in [0, 0.1) is 0 Å². The molecule has 3 rings (SSSR count). The molecule has 2 aliphatic heterocycles. The van der Waals surface area contributed by atoms with Gasteiger partial charge in [-0.2, -0.15) is 0 Å². The first-order valence-corrected chi connectivity index (χ1v) is 9.37. The fourth-order valence-electron chi connectivity index (χ4n) is 3.76. The normalized spacial score (nSPS) is 26.2. The third-order valence-corrected chi connectivity index (χ3v) is 5.27. The maximum Gasteiger partial charge on any atom is 0.317 e. The average Bonchev–Trinajstić information content (AvgIpc) is 2.63. The summed E-state index contributed by atoms with van der Waals surface area (Å²) in [5.74, 6) is 0.158. The van der Waals surface area contributed by atoms with E-state index in [4.69, 9.17) is 4.74 Å². The Balaban J connectivity index is 1.38. The number of carbonyl (C=O) groups is 2. The summed E-state index contributed by atoms with van der Waals surface area (Å²) in [5, 5.41) is 6.47. The molecule has 2 heterocycles. The molecule has 1 aliphatic carbocycles. The van der Waals surface area contributed by atoms with Crippen LogP contribution >= 0.6 is 0 Å². The Morgan fingerprint density at radius 2 is 1.75 bits per heavy atom. The van der Waals surface area contributed by atoms with Crippen LogP contribution in [0.1, 0.15) is 38.5 Å². The minimum atomic E-state index is 0.0383. The second-order valence-electron chi connectivity index (χ2n) is 7.08. The van der Waals surface area contributed by atoms with E-state index in [1.165, 1.54) is 19.3 Å². The van der Waals surface area contributed by atoms with Gasteiger partial charge in [0.1, 0.15) is 0 Å². The van der Waals surface area contributed by atoms with E-state index in [1.807, 2.05) is 9.80 Å². The molecule has 3 aliphatic rings. The number of morpholine rings is 1. The van der Waals surface area contributed by atoms with E-state index in [9.17, 15) is 9.59 Å². The molecular weight excluding hydrogens is 308 g/mol. The van der Waals surface area contributed by atoms with Crippen molar-refractivity contribution in [3.8, 4) is 0 Å². The van der Waals surface area contributed by atoms with Crippen molar-refractivity contribution >= 4 is 11.9 Å². The van der Waals surface area contributed by atoms with E-state index in [0.717, 1.165) is 26.0 Å². The van der Waals surface area contributed by atoms with Gasteiger partial charge < -0.3 is 25.2 Å². The number of carbonyl (C=O) groups excluding carboxylic acids is 2. The lowest BCUT2D eigenvalue weighted by Crippen LogP contribution is -2.55. The van der Waals surface area contributed by atoms with Crippen molar-refractivity contribution in [3.05, 3.63) is 0 Å². The van der Waals surface area contributed by atoms with Gasteiger partial charge in [0.2, 0.25) is 5.91 Å². The van der Waals surface area contributed by atoms with Gasteiger partial charge in [0.05, 0.1) is 13.2 Å². The van der Waals surface area contributed by atoms with Gasteiger partial charge in [-0.15, -0.1) is 0 Å². The minimum absolute atomic E-state index is 0.0383. The van der Waals surface area contributed by atoms with Crippen LogP contribution < -0.4 is 10.6 Å². The van der Waals surface area contributed by atoms with Crippen LogP contribution in [-0.4, -0.2) is 79.8 Å². The molecule has 3 amide bonds. The van der Waals surface area contributed by atoms with Crippen LogP contribution in [0.15, 0.2) is 0 Å². The Kier molecular flexibility index (Phi) is 6.31. The molecule has 7 nitrogen and oxygen atoms in total. The van der Waals surface area contributed by atoms with Gasteiger partial charge in [0, 0.05) is 51.2 Å². The summed E-state index contributed by atoms with van der Waals surface area (Å²) in [6, 6.07) is 0.499. The van der Waals surface area contributed by atoms with E-state index < -0.39 is 0 Å². The summed E-state index contributed by atoms with van der Waals surface area (Å²) < 4.78 is 5.40. The lowest BCUT2D eigenvalue weighted by Gasteiger charge is -2.36. The highest BCUT2D eigenvalue weighted by molar-refractivity contribution is 5.78. The lowest BCUT2D eigenvalue weighted by molar-refractivity contribution is -0.133. The first-order valence-electron chi connectivity index (χ1n) is 9.37. The monoisotopic (exact) mass is 338 g/mol. The molecule has 0 spiro atoms. The zero-order chi connectivity index (χ0) is 16.8. The quantitative estimate of drug-likeness (QED) is 0.788. The number of amides is 3. The number of piperazine rings is 1. The van der Waals surface area contributed by atoms with Gasteiger partial charge in [-0.05, 0) is 12.8 Å². The Morgan fingerprint density at radius 3 is 2.42 bits per heavy atom. The van der Waals surface area contributed by atoms with Gasteiger partial charge in [-0.25, -0.2) is 4.79 Å². The summed E-state index contributed by atoms with van der Waals surface area (Å²) >= 11 is 0. The number of rotatable bonds is 3. The van der Waals surface area contributed by atoms with Gasteiger partial charge >= 0.3 is 6.03 Å². The van der Waals surface area contributed by atoms with Crippen LogP contribution in [0.5, 0.6) is 0 Å². The van der Waals surface area contributed by atoms with Crippen molar-refractivity contribution < 1.29 is 14.3 Å². The van der Waals surface area contributed by atoms with Crippen molar-refractivity contribution in [3.63, 3.8) is 0 Å². The van der Waals surface area contributed by atoms with E-state index in [0.29, 0.717) is 45.2 Å². The third kappa shape index (κ3) is 4.83. The van der Waals surface area contributed by atoms with Crippen molar-refractivity contribution in [2.45, 2.75) is 50.6 Å². The molecular formula is C17H30N4O3. The second kappa shape index (κ2) is 8.67. The van der Waals surface area contributed by atoms with Gasteiger partial charge in [-0.3, -0.25) is 4.79 Å². The largest absolute Gasteiger partial charge is 0.378 e. The summed E-state index contributed by atoms with van der Waals surface area (Å²) in [6.07, 6.45) is 6.39. The molecule has 24 heavy (non-hydrogen) atoms. The highest BCUT2D eigenvalue weighted by Crippen LogP contribution is 2.18. The Hall–Kier alpha value is -1.34. The first kappa shape index (κ1) is 17.5. The number of nitrogens with one attached hydrogen (secondary N) is 2. The summed E-state index contributed by atoms with van der Waals surface area (Å²) in [6.45, 7) is 4.65. The maximum absolute atomic E-state index is 12.4. The zero-order valence-corrected chi connectivity index (χ0v) is 14.5.